The summed E-state index contributed by atoms with van der Waals surface area (Å²) < 4.78 is 25.3. The molecule has 1 aliphatic rings. The smallest absolute Gasteiger partial charge is 0.242 e. The lowest BCUT2D eigenvalue weighted by Crippen LogP contribution is -2.32. The predicted molar refractivity (Wildman–Crippen MR) is 106 cm³/mol. The molecule has 6 nitrogen and oxygen atoms in total. The Balaban J connectivity index is 1.61. The number of sulfonamides is 1. The van der Waals surface area contributed by atoms with Gasteiger partial charge in [-0.2, -0.15) is 0 Å². The number of nitrogens with zero attached hydrogens (tertiary/aromatic N) is 2. The van der Waals surface area contributed by atoms with Gasteiger partial charge in [-0.3, -0.25) is 9.69 Å². The molecule has 2 aromatic rings. The number of fused-ring (bicyclic) bond motifs is 1. The summed E-state index contributed by atoms with van der Waals surface area (Å²) in [6.07, 6.45) is 2.05. The van der Waals surface area contributed by atoms with Crippen molar-refractivity contribution in [3.8, 4) is 0 Å². The summed E-state index contributed by atoms with van der Waals surface area (Å²) in [4.78, 5) is 14.7. The van der Waals surface area contributed by atoms with E-state index in [9.17, 15) is 13.2 Å². The van der Waals surface area contributed by atoms with Gasteiger partial charge >= 0.3 is 0 Å². The van der Waals surface area contributed by atoms with Crippen LogP contribution in [0.15, 0.2) is 53.4 Å². The van der Waals surface area contributed by atoms with Gasteiger partial charge in [0.15, 0.2) is 0 Å². The maximum atomic E-state index is 12.4. The molecule has 0 saturated carbocycles. The predicted octanol–water partition coefficient (Wildman–Crippen LogP) is 2.49. The molecular formula is C20H25N3O3S. The van der Waals surface area contributed by atoms with Gasteiger partial charge in [0.25, 0.3) is 0 Å². The summed E-state index contributed by atoms with van der Waals surface area (Å²) in [6.45, 7) is 0.275. The van der Waals surface area contributed by atoms with Crippen molar-refractivity contribution in [3.63, 3.8) is 0 Å². The summed E-state index contributed by atoms with van der Waals surface area (Å²) in [5, 5.41) is 2.84. The Kier molecular flexibility index (Phi) is 5.64. The molecule has 1 N–H and O–H groups in total. The number of aryl methyl sites for hydroxylation is 1. The lowest BCUT2D eigenvalue weighted by Gasteiger charge is -2.24. The third-order valence-electron chi connectivity index (χ3n) is 4.94. The number of nitrogens with one attached hydrogen (secondary N) is 1. The lowest BCUT2D eigenvalue weighted by atomic mass is 10.1. The lowest BCUT2D eigenvalue weighted by molar-refractivity contribution is -0.117. The van der Waals surface area contributed by atoms with Crippen LogP contribution < -0.4 is 5.32 Å². The van der Waals surface area contributed by atoms with Crippen molar-refractivity contribution in [2.24, 2.45) is 0 Å². The Bertz CT molecular complexity index is 924. The average molecular weight is 388 g/mol. The minimum absolute atomic E-state index is 0.120. The first-order valence-electron chi connectivity index (χ1n) is 8.89. The second-order valence-electron chi connectivity index (χ2n) is 7.03. The number of carbonyl (C=O) groups is 1. The second kappa shape index (κ2) is 7.80. The quantitative estimate of drug-likeness (QED) is 0.827. The van der Waals surface area contributed by atoms with E-state index in [-0.39, 0.29) is 23.4 Å². The van der Waals surface area contributed by atoms with E-state index in [1.807, 2.05) is 19.2 Å². The van der Waals surface area contributed by atoms with Gasteiger partial charge in [-0.15, -0.1) is 0 Å². The van der Waals surface area contributed by atoms with Crippen molar-refractivity contribution >= 4 is 21.6 Å². The fourth-order valence-corrected chi connectivity index (χ4v) is 4.35. The average Bonchev–Trinajstić information content (AvgIpc) is 3.06. The molecule has 0 fully saturated rings. The zero-order valence-electron chi connectivity index (χ0n) is 15.8. The molecule has 1 amide bonds. The van der Waals surface area contributed by atoms with Gasteiger partial charge in [0.05, 0.1) is 11.4 Å². The highest BCUT2D eigenvalue weighted by molar-refractivity contribution is 7.89. The maximum Gasteiger partial charge on any atom is 0.242 e. The molecule has 0 unspecified atom stereocenters. The van der Waals surface area contributed by atoms with Crippen LogP contribution in [0.25, 0.3) is 0 Å². The number of benzene rings is 2. The fraction of sp³-hybridized carbons (Fsp3) is 0.350. The number of likely N-dealkylation sites (N-methyl/N-ethyl adjacent to an activating group) is 1. The third-order valence-corrected chi connectivity index (χ3v) is 6.77. The number of rotatable bonds is 6. The van der Waals surface area contributed by atoms with Gasteiger partial charge in [-0.05, 0) is 55.3 Å². The van der Waals surface area contributed by atoms with E-state index >= 15 is 0 Å². The van der Waals surface area contributed by atoms with E-state index in [4.69, 9.17) is 0 Å². The summed E-state index contributed by atoms with van der Waals surface area (Å²) in [7, 11) is 1.47. The molecule has 0 bridgehead atoms. The van der Waals surface area contributed by atoms with Crippen molar-refractivity contribution < 1.29 is 13.2 Å². The molecule has 3 rings (SSSR count). The van der Waals surface area contributed by atoms with Crippen molar-refractivity contribution in [2.45, 2.75) is 23.8 Å². The summed E-state index contributed by atoms with van der Waals surface area (Å²) in [5.74, 6) is -0.120. The Morgan fingerprint density at radius 3 is 2.41 bits per heavy atom. The van der Waals surface area contributed by atoms with Gasteiger partial charge < -0.3 is 5.32 Å². The van der Waals surface area contributed by atoms with Crippen LogP contribution >= 0.6 is 0 Å². The van der Waals surface area contributed by atoms with E-state index in [1.54, 1.807) is 12.1 Å². The summed E-state index contributed by atoms with van der Waals surface area (Å²) >= 11 is 0. The van der Waals surface area contributed by atoms with Crippen molar-refractivity contribution in [3.05, 3.63) is 59.7 Å². The van der Waals surface area contributed by atoms with Crippen LogP contribution in [0.4, 0.5) is 5.69 Å². The summed E-state index contributed by atoms with van der Waals surface area (Å²) in [5.41, 5.74) is 3.23. The third kappa shape index (κ3) is 4.21. The first-order chi connectivity index (χ1) is 12.8. The largest absolute Gasteiger partial charge is 0.325 e. The molecular weight excluding hydrogens is 362 g/mol. The molecule has 144 valence electrons. The zero-order valence-corrected chi connectivity index (χ0v) is 16.7. The van der Waals surface area contributed by atoms with E-state index < -0.39 is 10.0 Å². The van der Waals surface area contributed by atoms with Gasteiger partial charge in [-0.25, -0.2) is 12.7 Å². The normalized spacial score (nSPS) is 16.6. The minimum atomic E-state index is -3.47. The van der Waals surface area contributed by atoms with Crippen LogP contribution in [0, 0.1) is 0 Å². The van der Waals surface area contributed by atoms with Crippen LogP contribution in [0.2, 0.25) is 0 Å². The van der Waals surface area contributed by atoms with Gasteiger partial charge in [-0.1, -0.05) is 24.3 Å². The number of hydrogen-bond donors (Lipinski definition) is 1. The highest BCUT2D eigenvalue weighted by Gasteiger charge is 2.26. The Hall–Kier alpha value is -2.22. The van der Waals surface area contributed by atoms with Gasteiger partial charge in [0.2, 0.25) is 15.9 Å². The Labute approximate surface area is 160 Å². The Morgan fingerprint density at radius 2 is 1.74 bits per heavy atom. The molecule has 0 aliphatic heterocycles. The monoisotopic (exact) mass is 387 g/mol. The summed E-state index contributed by atoms with van der Waals surface area (Å²) in [6, 6.07) is 14.8. The number of carbonyl (C=O) groups excluding carboxylic acids is 1. The highest BCUT2D eigenvalue weighted by Crippen LogP contribution is 2.34. The number of hydrogen-bond acceptors (Lipinski definition) is 4. The molecule has 0 radical (unpaired) electrons. The first kappa shape index (κ1) is 19.5. The minimum Gasteiger partial charge on any atom is -0.325 e. The SMILES string of the molecule is CN(CC(=O)Nc1ccc(S(=O)(=O)N(C)C)cc1)[C@H]1CCc2ccccc21. The molecule has 0 spiro atoms. The van der Waals surface area contributed by atoms with Crippen LogP contribution in [0.1, 0.15) is 23.6 Å². The van der Waals surface area contributed by atoms with Crippen LogP contribution in [-0.2, 0) is 21.2 Å². The molecule has 27 heavy (non-hydrogen) atoms. The molecule has 2 aromatic carbocycles. The Morgan fingerprint density at radius 1 is 1.07 bits per heavy atom. The van der Waals surface area contributed by atoms with E-state index in [1.165, 1.54) is 37.4 Å². The van der Waals surface area contributed by atoms with E-state index in [0.29, 0.717) is 5.69 Å². The highest BCUT2D eigenvalue weighted by atomic mass is 32.2. The van der Waals surface area contributed by atoms with Crippen molar-refractivity contribution in [1.82, 2.24) is 9.21 Å². The number of anilines is 1. The standard InChI is InChI=1S/C20H25N3O3S/c1-22(2)27(25,26)17-11-9-16(10-12-17)21-20(24)14-23(3)19-13-8-15-6-4-5-7-18(15)19/h4-7,9-12,19H,8,13-14H2,1-3H3,(H,21,24)/t19-/m0/s1. The molecule has 0 saturated heterocycles. The topological polar surface area (TPSA) is 69.7 Å². The van der Waals surface area contributed by atoms with Crippen molar-refractivity contribution in [1.29, 1.82) is 0 Å². The van der Waals surface area contributed by atoms with Gasteiger partial charge in [0, 0.05) is 25.8 Å². The fourth-order valence-electron chi connectivity index (χ4n) is 3.45. The molecule has 0 aromatic heterocycles. The molecule has 0 heterocycles. The van der Waals surface area contributed by atoms with Crippen LogP contribution in [0.5, 0.6) is 0 Å². The zero-order chi connectivity index (χ0) is 19.6. The van der Waals surface area contributed by atoms with Crippen LogP contribution in [-0.4, -0.2) is 51.2 Å². The number of amides is 1. The second-order valence-corrected chi connectivity index (χ2v) is 9.18. The maximum absolute atomic E-state index is 12.4. The molecule has 1 aliphatic carbocycles. The first-order valence-corrected chi connectivity index (χ1v) is 10.3. The van der Waals surface area contributed by atoms with Gasteiger partial charge in [0.1, 0.15) is 0 Å². The van der Waals surface area contributed by atoms with Crippen molar-refractivity contribution in [2.75, 3.05) is 33.0 Å². The van der Waals surface area contributed by atoms with E-state index in [0.717, 1.165) is 17.1 Å². The van der Waals surface area contributed by atoms with E-state index in [2.05, 4.69) is 22.3 Å². The van der Waals surface area contributed by atoms with Crippen LogP contribution in [0.3, 0.4) is 0 Å². The molecule has 1 atom stereocenters. The molecule has 7 heteroatoms.